The maximum Gasteiger partial charge on any atom is 0.308 e. The molecule has 162 valence electrons. The molecule has 8 nitrogen and oxygen atoms in total. The highest BCUT2D eigenvalue weighted by Crippen LogP contribution is 2.23. The first-order chi connectivity index (χ1) is 14.9. The molecule has 3 aromatic rings. The summed E-state index contributed by atoms with van der Waals surface area (Å²) in [6.07, 6.45) is -0.0651. The molecule has 0 spiro atoms. The fourth-order valence-electron chi connectivity index (χ4n) is 3.03. The zero-order chi connectivity index (χ0) is 22.4. The van der Waals surface area contributed by atoms with Crippen molar-refractivity contribution in [1.29, 1.82) is 0 Å². The minimum Gasteiger partial charge on any atom is -0.497 e. The van der Waals surface area contributed by atoms with Crippen LogP contribution in [0.3, 0.4) is 0 Å². The van der Waals surface area contributed by atoms with E-state index in [1.54, 1.807) is 50.2 Å². The highest BCUT2D eigenvalue weighted by atomic mass is 19.1. The van der Waals surface area contributed by atoms with E-state index < -0.39 is 17.9 Å². The molecule has 0 bridgehead atoms. The smallest absolute Gasteiger partial charge is 0.308 e. The van der Waals surface area contributed by atoms with Crippen LogP contribution in [-0.2, 0) is 9.53 Å². The van der Waals surface area contributed by atoms with E-state index in [0.29, 0.717) is 22.8 Å². The monoisotopic (exact) mass is 426 g/mol. The van der Waals surface area contributed by atoms with E-state index in [9.17, 15) is 14.0 Å². The van der Waals surface area contributed by atoms with Crippen molar-refractivity contribution < 1.29 is 23.5 Å². The van der Waals surface area contributed by atoms with Crippen LogP contribution in [0.4, 0.5) is 4.39 Å². The first-order valence-corrected chi connectivity index (χ1v) is 9.71. The molecule has 0 saturated heterocycles. The van der Waals surface area contributed by atoms with Crippen LogP contribution in [0.25, 0.3) is 5.69 Å². The Morgan fingerprint density at radius 3 is 2.61 bits per heavy atom. The van der Waals surface area contributed by atoms with Gasteiger partial charge in [-0.25, -0.2) is 14.1 Å². The molecule has 1 unspecified atom stereocenters. The van der Waals surface area contributed by atoms with E-state index in [4.69, 9.17) is 9.47 Å². The second-order valence-corrected chi connectivity index (χ2v) is 6.68. The molecule has 0 fully saturated rings. The average Bonchev–Trinajstić information content (AvgIpc) is 3.16. The Morgan fingerprint density at radius 1 is 1.19 bits per heavy atom. The van der Waals surface area contributed by atoms with E-state index in [1.807, 2.05) is 0 Å². The number of hydrogen-bond acceptors (Lipinski definition) is 6. The molecule has 0 saturated carbocycles. The Labute approximate surface area is 179 Å². The van der Waals surface area contributed by atoms with Crippen molar-refractivity contribution in [3.05, 3.63) is 71.6 Å². The van der Waals surface area contributed by atoms with Gasteiger partial charge in [-0.15, -0.1) is 5.10 Å². The zero-order valence-electron chi connectivity index (χ0n) is 17.5. The summed E-state index contributed by atoms with van der Waals surface area (Å²) in [5.74, 6) is -0.397. The number of aryl methyl sites for hydroxylation is 1. The van der Waals surface area contributed by atoms with E-state index in [0.717, 1.165) is 0 Å². The van der Waals surface area contributed by atoms with Gasteiger partial charge in [0.25, 0.3) is 5.91 Å². The third-order valence-electron chi connectivity index (χ3n) is 4.52. The number of benzene rings is 2. The first kappa shape index (κ1) is 21.9. The summed E-state index contributed by atoms with van der Waals surface area (Å²) in [5, 5.41) is 7.03. The summed E-state index contributed by atoms with van der Waals surface area (Å²) in [4.78, 5) is 29.2. The molecular formula is C22H23FN4O4. The summed E-state index contributed by atoms with van der Waals surface area (Å²) in [5.41, 5.74) is 1.25. The topological polar surface area (TPSA) is 95.3 Å². The number of methoxy groups -OCH3 is 1. The van der Waals surface area contributed by atoms with Crippen molar-refractivity contribution in [2.75, 3.05) is 13.7 Å². The lowest BCUT2D eigenvalue weighted by atomic mass is 10.0. The summed E-state index contributed by atoms with van der Waals surface area (Å²) in [6, 6.07) is 12.1. The molecule has 1 N–H and O–H groups in total. The van der Waals surface area contributed by atoms with Crippen molar-refractivity contribution in [3.8, 4) is 11.4 Å². The fourth-order valence-corrected chi connectivity index (χ4v) is 3.03. The minimum atomic E-state index is -0.667. The number of carbonyl (C=O) groups excluding carboxylic acids is 2. The fraction of sp³-hybridized carbons (Fsp3) is 0.273. The molecule has 3 rings (SSSR count). The Hall–Kier alpha value is -3.75. The van der Waals surface area contributed by atoms with Crippen LogP contribution in [0.15, 0.2) is 48.5 Å². The van der Waals surface area contributed by atoms with Crippen molar-refractivity contribution in [1.82, 2.24) is 20.1 Å². The Morgan fingerprint density at radius 2 is 1.94 bits per heavy atom. The maximum absolute atomic E-state index is 13.2. The predicted molar refractivity (Wildman–Crippen MR) is 111 cm³/mol. The van der Waals surface area contributed by atoms with Gasteiger partial charge in [-0.1, -0.05) is 12.1 Å². The lowest BCUT2D eigenvalue weighted by Gasteiger charge is -2.18. The van der Waals surface area contributed by atoms with Crippen LogP contribution in [0.2, 0.25) is 0 Å². The Bertz CT molecular complexity index is 1070. The van der Waals surface area contributed by atoms with Gasteiger partial charge in [0.05, 0.1) is 31.9 Å². The van der Waals surface area contributed by atoms with E-state index in [-0.39, 0.29) is 24.7 Å². The van der Waals surface area contributed by atoms with Crippen molar-refractivity contribution in [2.24, 2.45) is 0 Å². The highest BCUT2D eigenvalue weighted by Gasteiger charge is 2.23. The van der Waals surface area contributed by atoms with E-state index >= 15 is 0 Å². The quantitative estimate of drug-likeness (QED) is 0.556. The maximum atomic E-state index is 13.2. The molecule has 9 heteroatoms. The van der Waals surface area contributed by atoms with Crippen LogP contribution >= 0.6 is 0 Å². The molecule has 0 aliphatic rings. The number of rotatable bonds is 8. The minimum absolute atomic E-state index is 0.0651. The summed E-state index contributed by atoms with van der Waals surface area (Å²) in [7, 11) is 1.53. The van der Waals surface area contributed by atoms with Crippen molar-refractivity contribution in [3.63, 3.8) is 0 Å². The Balaban J connectivity index is 1.85. The molecule has 1 heterocycles. The number of hydrogen-bond donors (Lipinski definition) is 1. The third-order valence-corrected chi connectivity index (χ3v) is 4.52. The van der Waals surface area contributed by atoms with Gasteiger partial charge in [-0.2, -0.15) is 0 Å². The Kier molecular flexibility index (Phi) is 6.96. The van der Waals surface area contributed by atoms with E-state index in [2.05, 4.69) is 15.4 Å². The van der Waals surface area contributed by atoms with Gasteiger partial charge < -0.3 is 14.8 Å². The SMILES string of the molecule is CCOC(=O)CC(NC(=O)c1nc(C)n(-c2ccc(F)cc2)n1)c1cccc(OC)c1. The summed E-state index contributed by atoms with van der Waals surface area (Å²) in [6.45, 7) is 3.64. The lowest BCUT2D eigenvalue weighted by molar-refractivity contribution is -0.143. The molecular weight excluding hydrogens is 403 g/mol. The van der Waals surface area contributed by atoms with Gasteiger partial charge in [0.2, 0.25) is 5.82 Å². The van der Waals surface area contributed by atoms with Gasteiger partial charge >= 0.3 is 5.97 Å². The van der Waals surface area contributed by atoms with Gasteiger partial charge in [0.15, 0.2) is 0 Å². The molecule has 0 radical (unpaired) electrons. The molecule has 0 aliphatic heterocycles. The number of carbonyl (C=O) groups is 2. The number of ether oxygens (including phenoxy) is 2. The molecule has 0 aliphatic carbocycles. The molecule has 31 heavy (non-hydrogen) atoms. The lowest BCUT2D eigenvalue weighted by Crippen LogP contribution is -2.31. The first-order valence-electron chi connectivity index (χ1n) is 9.71. The van der Waals surface area contributed by atoms with Gasteiger partial charge in [-0.3, -0.25) is 9.59 Å². The molecule has 1 amide bonds. The van der Waals surface area contributed by atoms with Crippen LogP contribution < -0.4 is 10.1 Å². The number of nitrogens with zero attached hydrogens (tertiary/aromatic N) is 3. The van der Waals surface area contributed by atoms with Crippen LogP contribution in [0.5, 0.6) is 5.75 Å². The van der Waals surface area contributed by atoms with Crippen molar-refractivity contribution in [2.45, 2.75) is 26.3 Å². The average molecular weight is 426 g/mol. The van der Waals surface area contributed by atoms with E-state index in [1.165, 1.54) is 23.9 Å². The largest absolute Gasteiger partial charge is 0.497 e. The molecule has 1 aromatic heterocycles. The predicted octanol–water partition coefficient (Wildman–Crippen LogP) is 3.15. The zero-order valence-corrected chi connectivity index (χ0v) is 17.5. The number of amides is 1. The number of aromatic nitrogens is 3. The van der Waals surface area contributed by atoms with Crippen molar-refractivity contribution >= 4 is 11.9 Å². The number of halogens is 1. The van der Waals surface area contributed by atoms with Gasteiger partial charge in [0.1, 0.15) is 17.4 Å². The highest BCUT2D eigenvalue weighted by molar-refractivity contribution is 5.91. The summed E-state index contributed by atoms with van der Waals surface area (Å²) < 4.78 is 24.9. The number of esters is 1. The second-order valence-electron chi connectivity index (χ2n) is 6.68. The van der Waals surface area contributed by atoms with Crippen LogP contribution in [-0.4, -0.2) is 40.4 Å². The second kappa shape index (κ2) is 9.84. The summed E-state index contributed by atoms with van der Waals surface area (Å²) >= 11 is 0. The standard InChI is InChI=1S/C22H23FN4O4/c1-4-31-20(28)13-19(15-6-5-7-18(12-15)30-3)25-22(29)21-24-14(2)27(26-21)17-10-8-16(23)9-11-17/h5-12,19H,4,13H2,1-3H3,(H,25,29). The van der Waals surface area contributed by atoms with Crippen LogP contribution in [0.1, 0.15) is 41.4 Å². The normalized spacial score (nSPS) is 11.6. The third kappa shape index (κ3) is 5.44. The van der Waals surface area contributed by atoms with Crippen LogP contribution in [0, 0.1) is 12.7 Å². The number of nitrogens with one attached hydrogen (secondary N) is 1. The van der Waals surface area contributed by atoms with Gasteiger partial charge in [-0.05, 0) is 55.8 Å². The molecule has 1 atom stereocenters. The molecule has 2 aromatic carbocycles. The van der Waals surface area contributed by atoms with Gasteiger partial charge in [0, 0.05) is 0 Å².